The molecular weight excluding hydrogens is 381 g/mol. The van der Waals surface area contributed by atoms with Gasteiger partial charge in [0.25, 0.3) is 0 Å². The Balaban J connectivity index is 2.15. The average molecular weight is 414 g/mol. The highest BCUT2D eigenvalue weighted by molar-refractivity contribution is 6.90. The minimum Gasteiger partial charge on any atom is -0.394 e. The molecular formula is C23H33BF2N2Si. The molecule has 0 atom stereocenters. The quantitative estimate of drug-likeness (QED) is 0.404. The summed E-state index contributed by atoms with van der Waals surface area (Å²) in [7, 11) is -1.91. The highest BCUT2D eigenvalue weighted by atomic mass is 28.3. The number of hydrogen-bond acceptors (Lipinski definition) is 0. The Hall–Kier alpha value is -1.87. The summed E-state index contributed by atoms with van der Waals surface area (Å²) in [5.41, 5.74) is 9.49. The molecule has 29 heavy (non-hydrogen) atoms. The van der Waals surface area contributed by atoms with Gasteiger partial charge in [-0.2, -0.15) is 0 Å². The van der Waals surface area contributed by atoms with Crippen LogP contribution in [0.2, 0.25) is 16.6 Å². The van der Waals surface area contributed by atoms with Gasteiger partial charge in [0.15, 0.2) is 5.70 Å². The molecule has 2 aliphatic rings. The molecule has 0 bridgehead atoms. The SMILES string of the molecule is CC1=C2C=C(C#C[Si](C(C)C)(C(C)C)C(C)C)C=[N+]2[B-](F)(F)n2c(C)cc(C)c21. The van der Waals surface area contributed by atoms with Gasteiger partial charge in [-0.15, -0.1) is 5.54 Å². The van der Waals surface area contributed by atoms with Crippen LogP contribution in [0.25, 0.3) is 5.57 Å². The molecule has 2 nitrogen and oxygen atoms in total. The molecule has 0 spiro atoms. The normalized spacial score (nSPS) is 18.0. The third kappa shape index (κ3) is 3.09. The van der Waals surface area contributed by atoms with Crippen molar-refractivity contribution in [1.82, 2.24) is 4.48 Å². The lowest BCUT2D eigenvalue weighted by Crippen LogP contribution is -2.49. The van der Waals surface area contributed by atoms with E-state index in [4.69, 9.17) is 0 Å². The van der Waals surface area contributed by atoms with Crippen LogP contribution in [0.5, 0.6) is 0 Å². The van der Waals surface area contributed by atoms with Crippen LogP contribution in [0.15, 0.2) is 23.4 Å². The monoisotopic (exact) mass is 414 g/mol. The van der Waals surface area contributed by atoms with Gasteiger partial charge in [-0.1, -0.05) is 47.5 Å². The Bertz CT molecular complexity index is 992. The number of halogens is 2. The molecule has 156 valence electrons. The second kappa shape index (κ2) is 7.12. The van der Waals surface area contributed by atoms with Crippen molar-refractivity contribution in [3.63, 3.8) is 0 Å². The number of rotatable bonds is 3. The molecule has 0 aromatic carbocycles. The van der Waals surface area contributed by atoms with Gasteiger partial charge in [0.05, 0.1) is 5.57 Å². The lowest BCUT2D eigenvalue weighted by molar-refractivity contribution is -0.356. The Morgan fingerprint density at radius 2 is 1.55 bits per heavy atom. The number of aryl methyl sites for hydroxylation is 2. The second-order valence-electron chi connectivity index (χ2n) is 9.57. The number of hydrogen-bond donors (Lipinski definition) is 0. The number of allylic oxidation sites excluding steroid dienone is 3. The maximum atomic E-state index is 15.4. The van der Waals surface area contributed by atoms with Gasteiger partial charge in [-0.3, -0.25) is 0 Å². The molecule has 0 amide bonds. The van der Waals surface area contributed by atoms with E-state index in [2.05, 4.69) is 53.0 Å². The Morgan fingerprint density at radius 3 is 2.07 bits per heavy atom. The van der Waals surface area contributed by atoms with Crippen LogP contribution >= 0.6 is 0 Å². The van der Waals surface area contributed by atoms with Crippen LogP contribution < -0.4 is 0 Å². The van der Waals surface area contributed by atoms with Gasteiger partial charge in [-0.05, 0) is 54.7 Å². The fraction of sp³-hybridized carbons (Fsp3) is 0.522. The molecule has 0 radical (unpaired) electrons. The van der Waals surface area contributed by atoms with Crippen molar-refractivity contribution in [2.75, 3.05) is 0 Å². The predicted octanol–water partition coefficient (Wildman–Crippen LogP) is 6.32. The predicted molar refractivity (Wildman–Crippen MR) is 123 cm³/mol. The third-order valence-corrected chi connectivity index (χ3v) is 13.2. The summed E-state index contributed by atoms with van der Waals surface area (Å²) in [5, 5.41) is 0. The average Bonchev–Trinajstić information content (AvgIpc) is 3.15. The van der Waals surface area contributed by atoms with E-state index >= 15 is 8.63 Å². The van der Waals surface area contributed by atoms with Crippen LogP contribution in [-0.4, -0.2) is 30.2 Å². The zero-order valence-electron chi connectivity index (χ0n) is 19.2. The summed E-state index contributed by atoms with van der Waals surface area (Å²) in [6.45, 7) is 15.3. The molecule has 0 unspecified atom stereocenters. The molecule has 3 heterocycles. The van der Waals surface area contributed by atoms with E-state index in [-0.39, 0.29) is 0 Å². The van der Waals surface area contributed by atoms with Gasteiger partial charge in [0, 0.05) is 17.3 Å². The fourth-order valence-corrected chi connectivity index (χ4v) is 10.9. The molecule has 0 saturated carbocycles. The van der Waals surface area contributed by atoms with Crippen molar-refractivity contribution >= 4 is 26.8 Å². The maximum absolute atomic E-state index is 15.4. The fourth-order valence-electron chi connectivity index (χ4n) is 5.66. The molecule has 0 fully saturated rings. The molecule has 0 aliphatic carbocycles. The standard InChI is InChI=1S/C23H33BF2N2Si/c1-15(2)29(16(3)4,17(5)6)11-10-21-13-22-20(9)23-18(7)12-19(8)28(23)24(25,26)27(22)14-21/h12-17H,1-9H3. The maximum Gasteiger partial charge on any atom is 0.737 e. The topological polar surface area (TPSA) is 7.94 Å². The summed E-state index contributed by atoms with van der Waals surface area (Å²) < 4.78 is 33.3. The summed E-state index contributed by atoms with van der Waals surface area (Å²) >= 11 is 0. The van der Waals surface area contributed by atoms with Crippen molar-refractivity contribution in [1.29, 1.82) is 0 Å². The van der Waals surface area contributed by atoms with Crippen molar-refractivity contribution < 1.29 is 13.1 Å². The van der Waals surface area contributed by atoms with Crippen LogP contribution in [0.1, 0.15) is 65.4 Å². The van der Waals surface area contributed by atoms with E-state index in [1.54, 1.807) is 13.1 Å². The van der Waals surface area contributed by atoms with Crippen molar-refractivity contribution in [3.05, 3.63) is 40.4 Å². The molecule has 1 aromatic rings. The zero-order valence-corrected chi connectivity index (χ0v) is 20.2. The first-order chi connectivity index (χ1) is 13.4. The molecule has 0 saturated heterocycles. The Morgan fingerprint density at radius 1 is 1.00 bits per heavy atom. The first-order valence-electron chi connectivity index (χ1n) is 10.7. The van der Waals surface area contributed by atoms with Gasteiger partial charge >= 0.3 is 6.97 Å². The van der Waals surface area contributed by atoms with Crippen LogP contribution in [0.4, 0.5) is 8.63 Å². The first-order valence-corrected chi connectivity index (χ1v) is 12.9. The van der Waals surface area contributed by atoms with E-state index in [0.29, 0.717) is 39.3 Å². The third-order valence-electron chi connectivity index (χ3n) is 6.94. The number of nitrogens with zero attached hydrogens (tertiary/aromatic N) is 2. The highest BCUT2D eigenvalue weighted by Gasteiger charge is 2.52. The smallest absolute Gasteiger partial charge is 0.394 e. The van der Waals surface area contributed by atoms with Gasteiger partial charge in [0.1, 0.15) is 14.3 Å². The first kappa shape index (κ1) is 21.8. The largest absolute Gasteiger partial charge is 0.737 e. The van der Waals surface area contributed by atoms with Crippen molar-refractivity contribution in [3.8, 4) is 11.5 Å². The zero-order chi connectivity index (χ0) is 21.9. The Kier molecular flexibility index (Phi) is 5.36. The molecule has 0 N–H and O–H groups in total. The van der Waals surface area contributed by atoms with Gasteiger partial charge in [0.2, 0.25) is 0 Å². The summed E-state index contributed by atoms with van der Waals surface area (Å²) in [6.07, 6.45) is 3.41. The summed E-state index contributed by atoms with van der Waals surface area (Å²) in [5.74, 6) is 3.34. The summed E-state index contributed by atoms with van der Waals surface area (Å²) in [6, 6.07) is 1.84. The van der Waals surface area contributed by atoms with Crippen LogP contribution in [-0.2, 0) is 0 Å². The van der Waals surface area contributed by atoms with Crippen molar-refractivity contribution in [2.45, 2.75) is 78.9 Å². The van der Waals surface area contributed by atoms with Gasteiger partial charge in [-0.25, -0.2) is 0 Å². The second-order valence-corrected chi connectivity index (χ2v) is 15.1. The van der Waals surface area contributed by atoms with Crippen molar-refractivity contribution in [2.24, 2.45) is 0 Å². The van der Waals surface area contributed by atoms with E-state index in [1.807, 2.05) is 26.0 Å². The molecule has 1 aromatic heterocycles. The molecule has 6 heteroatoms. The lowest BCUT2D eigenvalue weighted by Gasteiger charge is -2.38. The Labute approximate surface area is 175 Å². The minimum atomic E-state index is -3.91. The molecule has 3 rings (SSSR count). The van der Waals surface area contributed by atoms with E-state index in [0.717, 1.165) is 15.6 Å². The highest BCUT2D eigenvalue weighted by Crippen LogP contribution is 2.41. The number of fused-ring (bicyclic) bond motifs is 2. The minimum absolute atomic E-state index is 0.511. The summed E-state index contributed by atoms with van der Waals surface area (Å²) in [4.78, 5) is 0. The molecule has 2 aliphatic heterocycles. The van der Waals surface area contributed by atoms with E-state index in [9.17, 15) is 0 Å². The van der Waals surface area contributed by atoms with Crippen LogP contribution in [0.3, 0.4) is 0 Å². The van der Waals surface area contributed by atoms with E-state index in [1.165, 1.54) is 4.48 Å². The lowest BCUT2D eigenvalue weighted by atomic mass is 9.88. The van der Waals surface area contributed by atoms with Gasteiger partial charge < -0.3 is 17.6 Å². The van der Waals surface area contributed by atoms with E-state index < -0.39 is 15.0 Å². The van der Waals surface area contributed by atoms with Crippen LogP contribution in [0, 0.1) is 25.3 Å². The number of aromatic nitrogens is 1.